The smallest absolute Gasteiger partial charge is 0.309 e. The van der Waals surface area contributed by atoms with Crippen molar-refractivity contribution < 1.29 is 19.1 Å². The highest BCUT2D eigenvalue weighted by Crippen LogP contribution is 2.51. The first-order valence-electron chi connectivity index (χ1n) is 10.4. The Kier molecular flexibility index (Phi) is 5.75. The standard InChI is InChI=1S/C21H34O4/c1-4-14(3)19(22)24-18-13-15-11-16(18)17(12-15)20(23)25-21(5-2)9-7-6-8-10-21/h14-18H,4-13H2,1-3H3. The Labute approximate surface area is 152 Å². The minimum absolute atomic E-state index is 0.0273. The van der Waals surface area contributed by atoms with Gasteiger partial charge in [0.2, 0.25) is 0 Å². The van der Waals surface area contributed by atoms with Crippen molar-refractivity contribution in [2.75, 3.05) is 0 Å². The molecular weight excluding hydrogens is 316 g/mol. The van der Waals surface area contributed by atoms with E-state index in [0.29, 0.717) is 5.92 Å². The predicted molar refractivity (Wildman–Crippen MR) is 95.9 cm³/mol. The maximum atomic E-state index is 12.9. The molecule has 3 aliphatic rings. The van der Waals surface area contributed by atoms with Crippen LogP contribution in [0.4, 0.5) is 0 Å². The summed E-state index contributed by atoms with van der Waals surface area (Å²) in [4.78, 5) is 25.1. The topological polar surface area (TPSA) is 52.6 Å². The number of hydrogen-bond donors (Lipinski definition) is 0. The molecule has 0 aliphatic heterocycles. The number of carbonyl (C=O) groups is 2. The van der Waals surface area contributed by atoms with Gasteiger partial charge in [0.05, 0.1) is 11.8 Å². The van der Waals surface area contributed by atoms with E-state index in [1.807, 2.05) is 13.8 Å². The zero-order valence-corrected chi connectivity index (χ0v) is 16.1. The molecule has 3 aliphatic carbocycles. The zero-order valence-electron chi connectivity index (χ0n) is 16.1. The number of rotatable bonds is 6. The summed E-state index contributed by atoms with van der Waals surface area (Å²) in [5, 5.41) is 0. The Morgan fingerprint density at radius 3 is 2.40 bits per heavy atom. The molecular formula is C21H34O4. The van der Waals surface area contributed by atoms with Gasteiger partial charge in [-0.15, -0.1) is 0 Å². The lowest BCUT2D eigenvalue weighted by molar-refractivity contribution is -0.176. The average molecular weight is 350 g/mol. The fourth-order valence-electron chi connectivity index (χ4n) is 5.14. The van der Waals surface area contributed by atoms with E-state index in [9.17, 15) is 9.59 Å². The van der Waals surface area contributed by atoms with Crippen LogP contribution in [0.3, 0.4) is 0 Å². The molecule has 3 fully saturated rings. The highest BCUT2D eigenvalue weighted by Gasteiger charge is 2.52. The minimum Gasteiger partial charge on any atom is -0.462 e. The van der Waals surface area contributed by atoms with E-state index < -0.39 is 0 Å². The van der Waals surface area contributed by atoms with Crippen LogP contribution in [0, 0.1) is 23.7 Å². The second kappa shape index (κ2) is 7.67. The molecule has 0 aromatic heterocycles. The molecule has 4 nitrogen and oxygen atoms in total. The third kappa shape index (κ3) is 3.88. The van der Waals surface area contributed by atoms with Gasteiger partial charge in [0.1, 0.15) is 11.7 Å². The number of esters is 2. The molecule has 0 amide bonds. The SMILES string of the molecule is CCC(C)C(=O)OC1CC2CC(C(=O)OC3(CC)CCCCC3)C1C2. The Morgan fingerprint density at radius 1 is 1.08 bits per heavy atom. The summed E-state index contributed by atoms with van der Waals surface area (Å²) in [7, 11) is 0. The van der Waals surface area contributed by atoms with Crippen LogP contribution in [0.2, 0.25) is 0 Å². The van der Waals surface area contributed by atoms with Crippen molar-refractivity contribution >= 4 is 11.9 Å². The van der Waals surface area contributed by atoms with Gasteiger partial charge in [-0.3, -0.25) is 9.59 Å². The second-order valence-electron chi connectivity index (χ2n) is 8.65. The maximum Gasteiger partial charge on any atom is 0.309 e. The van der Waals surface area contributed by atoms with Gasteiger partial charge in [-0.2, -0.15) is 0 Å². The van der Waals surface area contributed by atoms with Crippen molar-refractivity contribution in [3.8, 4) is 0 Å². The third-order valence-corrected chi connectivity index (χ3v) is 7.06. The van der Waals surface area contributed by atoms with Crippen LogP contribution in [-0.2, 0) is 19.1 Å². The van der Waals surface area contributed by atoms with Gasteiger partial charge in [0, 0.05) is 5.92 Å². The molecule has 0 saturated heterocycles. The maximum absolute atomic E-state index is 12.9. The lowest BCUT2D eigenvalue weighted by atomic mass is 9.82. The quantitative estimate of drug-likeness (QED) is 0.655. The molecule has 3 saturated carbocycles. The van der Waals surface area contributed by atoms with Crippen LogP contribution in [0.15, 0.2) is 0 Å². The Morgan fingerprint density at radius 2 is 1.80 bits per heavy atom. The second-order valence-corrected chi connectivity index (χ2v) is 8.65. The van der Waals surface area contributed by atoms with E-state index in [2.05, 4.69) is 6.92 Å². The van der Waals surface area contributed by atoms with E-state index in [-0.39, 0.29) is 41.4 Å². The summed E-state index contributed by atoms with van der Waals surface area (Å²) in [6.07, 6.45) is 10.1. The minimum atomic E-state index is -0.236. The molecule has 0 radical (unpaired) electrons. The number of ether oxygens (including phenoxy) is 2. The summed E-state index contributed by atoms with van der Waals surface area (Å²) in [5.74, 6) is 0.420. The van der Waals surface area contributed by atoms with Crippen LogP contribution in [0.1, 0.15) is 85.0 Å². The first-order valence-corrected chi connectivity index (χ1v) is 10.4. The number of carbonyl (C=O) groups excluding carboxylic acids is 2. The number of fused-ring (bicyclic) bond motifs is 2. The van der Waals surface area contributed by atoms with E-state index in [1.165, 1.54) is 6.42 Å². The third-order valence-electron chi connectivity index (χ3n) is 7.06. The largest absolute Gasteiger partial charge is 0.462 e. The van der Waals surface area contributed by atoms with Gasteiger partial charge in [-0.25, -0.2) is 0 Å². The van der Waals surface area contributed by atoms with Crippen LogP contribution >= 0.6 is 0 Å². The highest BCUT2D eigenvalue weighted by atomic mass is 16.6. The fourth-order valence-corrected chi connectivity index (χ4v) is 5.14. The van der Waals surface area contributed by atoms with Gasteiger partial charge in [-0.05, 0) is 63.7 Å². The van der Waals surface area contributed by atoms with Gasteiger partial charge >= 0.3 is 11.9 Å². The fraction of sp³-hybridized carbons (Fsp3) is 0.905. The number of hydrogen-bond acceptors (Lipinski definition) is 4. The molecule has 3 rings (SSSR count). The summed E-state index contributed by atoms with van der Waals surface area (Å²) in [5.41, 5.74) is -0.236. The molecule has 0 spiro atoms. The summed E-state index contributed by atoms with van der Waals surface area (Å²) in [6, 6.07) is 0. The Bertz CT molecular complexity index is 494. The first-order chi connectivity index (χ1) is 12.0. The Balaban J connectivity index is 1.61. The van der Waals surface area contributed by atoms with Crippen LogP contribution in [-0.4, -0.2) is 23.6 Å². The summed E-state index contributed by atoms with van der Waals surface area (Å²) in [6.45, 7) is 6.05. The molecule has 0 heterocycles. The van der Waals surface area contributed by atoms with Gasteiger partial charge < -0.3 is 9.47 Å². The molecule has 0 N–H and O–H groups in total. The van der Waals surface area contributed by atoms with Crippen molar-refractivity contribution in [1.29, 1.82) is 0 Å². The molecule has 4 heteroatoms. The van der Waals surface area contributed by atoms with Gasteiger partial charge in [0.25, 0.3) is 0 Å². The van der Waals surface area contributed by atoms with E-state index in [0.717, 1.165) is 57.8 Å². The molecule has 5 atom stereocenters. The summed E-state index contributed by atoms with van der Waals surface area (Å²) >= 11 is 0. The molecule has 142 valence electrons. The average Bonchev–Trinajstić information content (AvgIpc) is 3.22. The monoisotopic (exact) mass is 350 g/mol. The first kappa shape index (κ1) is 18.7. The highest BCUT2D eigenvalue weighted by molar-refractivity contribution is 5.75. The molecule has 0 aromatic carbocycles. The van der Waals surface area contributed by atoms with Crippen LogP contribution in [0.25, 0.3) is 0 Å². The van der Waals surface area contributed by atoms with Gasteiger partial charge in [0.15, 0.2) is 0 Å². The van der Waals surface area contributed by atoms with Crippen molar-refractivity contribution in [2.45, 2.75) is 96.7 Å². The molecule has 5 unspecified atom stereocenters. The lowest BCUT2D eigenvalue weighted by Crippen LogP contribution is -2.41. The molecule has 0 aromatic rings. The Hall–Kier alpha value is -1.06. The van der Waals surface area contributed by atoms with Crippen LogP contribution in [0.5, 0.6) is 0 Å². The van der Waals surface area contributed by atoms with Crippen molar-refractivity contribution in [2.24, 2.45) is 23.7 Å². The van der Waals surface area contributed by atoms with Crippen molar-refractivity contribution in [3.05, 3.63) is 0 Å². The van der Waals surface area contributed by atoms with Gasteiger partial charge in [-0.1, -0.05) is 27.2 Å². The van der Waals surface area contributed by atoms with E-state index in [1.54, 1.807) is 0 Å². The normalized spacial score (nSPS) is 34.5. The zero-order chi connectivity index (χ0) is 18.0. The van der Waals surface area contributed by atoms with Crippen molar-refractivity contribution in [3.63, 3.8) is 0 Å². The van der Waals surface area contributed by atoms with Crippen molar-refractivity contribution in [1.82, 2.24) is 0 Å². The molecule has 2 bridgehead atoms. The predicted octanol–water partition coefficient (Wildman–Crippen LogP) is 4.65. The van der Waals surface area contributed by atoms with E-state index in [4.69, 9.17) is 9.47 Å². The lowest BCUT2D eigenvalue weighted by Gasteiger charge is -2.38. The summed E-state index contributed by atoms with van der Waals surface area (Å²) < 4.78 is 11.9. The molecule has 25 heavy (non-hydrogen) atoms. The van der Waals surface area contributed by atoms with Crippen LogP contribution < -0.4 is 0 Å². The van der Waals surface area contributed by atoms with E-state index >= 15 is 0 Å².